The van der Waals surface area contributed by atoms with Crippen molar-refractivity contribution in [3.8, 4) is 0 Å². The predicted octanol–water partition coefficient (Wildman–Crippen LogP) is 2.23. The number of rotatable bonds is 7. The fourth-order valence-corrected chi connectivity index (χ4v) is 1.72. The second-order valence-corrected chi connectivity index (χ2v) is 4.38. The van der Waals surface area contributed by atoms with Crippen LogP contribution in [-0.2, 0) is 4.79 Å². The first-order valence-electron chi connectivity index (χ1n) is 6.19. The van der Waals surface area contributed by atoms with Crippen LogP contribution >= 0.6 is 0 Å². The number of furan rings is 1. The average molecular weight is 238 g/mol. The van der Waals surface area contributed by atoms with Gasteiger partial charge >= 0.3 is 0 Å². The molecule has 0 saturated carbocycles. The molecule has 0 aliphatic rings. The first kappa shape index (κ1) is 13.8. The molecule has 1 aromatic rings. The molecule has 17 heavy (non-hydrogen) atoms. The highest BCUT2D eigenvalue weighted by Crippen LogP contribution is 2.11. The maximum Gasteiger partial charge on any atom is 0.234 e. The molecule has 0 spiro atoms. The van der Waals surface area contributed by atoms with Gasteiger partial charge < -0.3 is 9.73 Å². The summed E-state index contributed by atoms with van der Waals surface area (Å²) in [7, 11) is 0. The monoisotopic (exact) mass is 238 g/mol. The molecule has 0 fully saturated rings. The van der Waals surface area contributed by atoms with Crippen LogP contribution in [0.2, 0.25) is 0 Å². The second kappa shape index (κ2) is 7.12. The van der Waals surface area contributed by atoms with Gasteiger partial charge in [-0.05, 0) is 32.4 Å². The molecule has 0 aromatic carbocycles. The number of hydrogen-bond acceptors (Lipinski definition) is 3. The molecule has 4 nitrogen and oxygen atoms in total. The summed E-state index contributed by atoms with van der Waals surface area (Å²) in [5, 5.41) is 6.08. The van der Waals surface area contributed by atoms with Crippen LogP contribution in [0.25, 0.3) is 0 Å². The summed E-state index contributed by atoms with van der Waals surface area (Å²) >= 11 is 0. The van der Waals surface area contributed by atoms with Crippen molar-refractivity contribution in [3.63, 3.8) is 0 Å². The lowest BCUT2D eigenvalue weighted by atomic mass is 10.2. The topological polar surface area (TPSA) is 54.3 Å². The summed E-state index contributed by atoms with van der Waals surface area (Å²) in [5.74, 6) is 0.878. The molecule has 2 N–H and O–H groups in total. The van der Waals surface area contributed by atoms with Crippen LogP contribution in [0.3, 0.4) is 0 Å². The van der Waals surface area contributed by atoms with Gasteiger partial charge in [-0.2, -0.15) is 0 Å². The third-order valence-electron chi connectivity index (χ3n) is 2.67. The van der Waals surface area contributed by atoms with Crippen LogP contribution in [0.5, 0.6) is 0 Å². The van der Waals surface area contributed by atoms with E-state index in [1.54, 1.807) is 6.26 Å². The van der Waals surface area contributed by atoms with Crippen LogP contribution < -0.4 is 10.6 Å². The van der Waals surface area contributed by atoms with Gasteiger partial charge in [0, 0.05) is 6.04 Å². The average Bonchev–Trinajstić information content (AvgIpc) is 2.79. The van der Waals surface area contributed by atoms with Gasteiger partial charge in [0.2, 0.25) is 5.91 Å². The maximum absolute atomic E-state index is 11.6. The van der Waals surface area contributed by atoms with Gasteiger partial charge in [-0.15, -0.1) is 0 Å². The quantitative estimate of drug-likeness (QED) is 0.766. The predicted molar refractivity (Wildman–Crippen MR) is 67.6 cm³/mol. The summed E-state index contributed by atoms with van der Waals surface area (Å²) in [6.07, 6.45) is 3.73. The highest BCUT2D eigenvalue weighted by atomic mass is 16.3. The van der Waals surface area contributed by atoms with Gasteiger partial charge in [-0.3, -0.25) is 10.1 Å². The van der Waals surface area contributed by atoms with Crippen molar-refractivity contribution >= 4 is 5.91 Å². The molecule has 2 atom stereocenters. The molecule has 1 aromatic heterocycles. The van der Waals surface area contributed by atoms with Gasteiger partial charge in [0.15, 0.2) is 0 Å². The van der Waals surface area contributed by atoms with E-state index < -0.39 is 0 Å². The lowest BCUT2D eigenvalue weighted by Crippen LogP contribution is -2.39. The van der Waals surface area contributed by atoms with Gasteiger partial charge in [-0.1, -0.05) is 13.3 Å². The standard InChI is InChI=1S/C13H22N2O2/c1-4-6-10(2)15-13(16)9-14-11(3)12-7-5-8-17-12/h5,7-8,10-11,14H,4,6,9H2,1-3H3,(H,15,16)/t10?,11-/m0/s1. The summed E-state index contributed by atoms with van der Waals surface area (Å²) < 4.78 is 5.25. The van der Waals surface area contributed by atoms with E-state index in [9.17, 15) is 4.79 Å². The number of carbonyl (C=O) groups is 1. The summed E-state index contributed by atoms with van der Waals surface area (Å²) in [4.78, 5) is 11.6. The van der Waals surface area contributed by atoms with E-state index >= 15 is 0 Å². The molecular weight excluding hydrogens is 216 g/mol. The van der Waals surface area contributed by atoms with Gasteiger partial charge in [0.25, 0.3) is 0 Å². The molecule has 1 heterocycles. The fourth-order valence-electron chi connectivity index (χ4n) is 1.72. The number of nitrogens with one attached hydrogen (secondary N) is 2. The Labute approximate surface area is 103 Å². The van der Waals surface area contributed by atoms with Crippen molar-refractivity contribution in [2.75, 3.05) is 6.54 Å². The Morgan fingerprint density at radius 3 is 2.82 bits per heavy atom. The summed E-state index contributed by atoms with van der Waals surface area (Å²) in [6.45, 7) is 6.43. The van der Waals surface area contributed by atoms with Gasteiger partial charge in [0.1, 0.15) is 5.76 Å². The molecule has 4 heteroatoms. The van der Waals surface area contributed by atoms with Crippen LogP contribution in [0, 0.1) is 0 Å². The molecule has 1 unspecified atom stereocenters. The van der Waals surface area contributed by atoms with E-state index in [-0.39, 0.29) is 18.0 Å². The molecule has 1 amide bonds. The third kappa shape index (κ3) is 5.04. The Morgan fingerprint density at radius 2 is 2.24 bits per heavy atom. The summed E-state index contributed by atoms with van der Waals surface area (Å²) in [5.41, 5.74) is 0. The normalized spacial score (nSPS) is 14.3. The number of hydrogen-bond donors (Lipinski definition) is 2. The molecule has 1 rings (SSSR count). The van der Waals surface area contributed by atoms with E-state index in [1.165, 1.54) is 0 Å². The minimum absolute atomic E-state index is 0.0318. The largest absolute Gasteiger partial charge is 0.468 e. The molecule has 0 aliphatic heterocycles. The van der Waals surface area contributed by atoms with Crippen LogP contribution in [0.1, 0.15) is 45.4 Å². The Hall–Kier alpha value is -1.29. The minimum Gasteiger partial charge on any atom is -0.468 e. The fraction of sp³-hybridized carbons (Fsp3) is 0.615. The zero-order valence-corrected chi connectivity index (χ0v) is 10.8. The molecule has 0 saturated heterocycles. The first-order valence-corrected chi connectivity index (χ1v) is 6.19. The van der Waals surface area contributed by atoms with Crippen molar-refractivity contribution < 1.29 is 9.21 Å². The SMILES string of the molecule is CCCC(C)NC(=O)CN[C@@H](C)c1ccco1. The molecular formula is C13H22N2O2. The lowest BCUT2D eigenvalue weighted by Gasteiger charge is -2.15. The van der Waals surface area contributed by atoms with Gasteiger partial charge in [-0.25, -0.2) is 0 Å². The van der Waals surface area contributed by atoms with Crippen LogP contribution in [0.4, 0.5) is 0 Å². The smallest absolute Gasteiger partial charge is 0.234 e. The van der Waals surface area contributed by atoms with Gasteiger partial charge in [0.05, 0.1) is 18.8 Å². The highest BCUT2D eigenvalue weighted by molar-refractivity contribution is 5.78. The zero-order valence-electron chi connectivity index (χ0n) is 10.8. The molecule has 96 valence electrons. The molecule has 0 radical (unpaired) electrons. The molecule has 0 bridgehead atoms. The Kier molecular flexibility index (Phi) is 5.77. The third-order valence-corrected chi connectivity index (χ3v) is 2.67. The van der Waals surface area contributed by atoms with Crippen molar-refractivity contribution in [2.24, 2.45) is 0 Å². The van der Waals surface area contributed by atoms with E-state index in [2.05, 4.69) is 17.6 Å². The van der Waals surface area contributed by atoms with E-state index in [1.807, 2.05) is 26.0 Å². The van der Waals surface area contributed by atoms with E-state index in [0.717, 1.165) is 18.6 Å². The van der Waals surface area contributed by atoms with Crippen molar-refractivity contribution in [3.05, 3.63) is 24.2 Å². The lowest BCUT2D eigenvalue weighted by molar-refractivity contribution is -0.121. The number of amides is 1. The maximum atomic E-state index is 11.6. The Balaban J connectivity index is 2.24. The zero-order chi connectivity index (χ0) is 12.7. The van der Waals surface area contributed by atoms with Crippen LogP contribution in [0.15, 0.2) is 22.8 Å². The highest BCUT2D eigenvalue weighted by Gasteiger charge is 2.10. The van der Waals surface area contributed by atoms with E-state index in [0.29, 0.717) is 6.54 Å². The molecule has 0 aliphatic carbocycles. The Morgan fingerprint density at radius 1 is 1.47 bits per heavy atom. The van der Waals surface area contributed by atoms with E-state index in [4.69, 9.17) is 4.42 Å². The minimum atomic E-state index is 0.0318. The Bertz CT molecular complexity index is 322. The first-order chi connectivity index (χ1) is 8.13. The van der Waals surface area contributed by atoms with Crippen molar-refractivity contribution in [1.82, 2.24) is 10.6 Å². The van der Waals surface area contributed by atoms with Crippen molar-refractivity contribution in [1.29, 1.82) is 0 Å². The van der Waals surface area contributed by atoms with Crippen molar-refractivity contribution in [2.45, 2.75) is 45.7 Å². The van der Waals surface area contributed by atoms with Crippen LogP contribution in [-0.4, -0.2) is 18.5 Å². The summed E-state index contributed by atoms with van der Waals surface area (Å²) in [6, 6.07) is 4.04. The second-order valence-electron chi connectivity index (χ2n) is 4.38. The number of carbonyl (C=O) groups excluding carboxylic acids is 1.